The summed E-state index contributed by atoms with van der Waals surface area (Å²) in [5, 5.41) is 11.1. The van der Waals surface area contributed by atoms with Gasteiger partial charge in [-0.3, -0.25) is 9.59 Å². The van der Waals surface area contributed by atoms with Crippen LogP contribution in [0.25, 0.3) is 10.8 Å². The van der Waals surface area contributed by atoms with Crippen molar-refractivity contribution in [2.45, 2.75) is 38.1 Å². The van der Waals surface area contributed by atoms with E-state index < -0.39 is 5.97 Å². The highest BCUT2D eigenvalue weighted by Gasteiger charge is 2.27. The van der Waals surface area contributed by atoms with Crippen molar-refractivity contribution in [3.63, 3.8) is 0 Å². The van der Waals surface area contributed by atoms with E-state index in [0.29, 0.717) is 18.7 Å². The van der Waals surface area contributed by atoms with Gasteiger partial charge in [0.1, 0.15) is 5.75 Å². The molecule has 0 aromatic heterocycles. The summed E-state index contributed by atoms with van der Waals surface area (Å²) in [6.07, 6.45) is 3.48. The molecule has 1 fully saturated rings. The van der Waals surface area contributed by atoms with Crippen LogP contribution >= 0.6 is 0 Å². The van der Waals surface area contributed by atoms with Gasteiger partial charge < -0.3 is 14.7 Å². The number of amides is 1. The summed E-state index contributed by atoms with van der Waals surface area (Å²) in [7, 11) is 0. The van der Waals surface area contributed by atoms with Crippen LogP contribution in [-0.2, 0) is 9.59 Å². The van der Waals surface area contributed by atoms with E-state index in [2.05, 4.69) is 0 Å². The molecule has 3 rings (SSSR count). The van der Waals surface area contributed by atoms with Crippen LogP contribution < -0.4 is 4.74 Å². The number of hydrogen-bond donors (Lipinski definition) is 1. The van der Waals surface area contributed by atoms with E-state index >= 15 is 0 Å². The molecule has 1 amide bonds. The highest BCUT2D eigenvalue weighted by Crippen LogP contribution is 2.23. The fraction of sp³-hybridized carbons (Fsp3) is 0.400. The van der Waals surface area contributed by atoms with Gasteiger partial charge in [-0.15, -0.1) is 0 Å². The molecule has 0 spiro atoms. The van der Waals surface area contributed by atoms with Crippen LogP contribution in [-0.4, -0.2) is 41.1 Å². The predicted octanol–water partition coefficient (Wildman–Crippen LogP) is 3.46. The highest BCUT2D eigenvalue weighted by molar-refractivity contribution is 5.84. The number of fused-ring (bicyclic) bond motifs is 1. The van der Waals surface area contributed by atoms with E-state index in [1.54, 1.807) is 4.90 Å². The Kier molecular flexibility index (Phi) is 5.53. The average Bonchev–Trinajstić information content (AvgIpc) is 2.64. The second-order valence-corrected chi connectivity index (χ2v) is 6.47. The molecule has 5 heteroatoms. The fourth-order valence-corrected chi connectivity index (χ4v) is 3.40. The smallest absolute Gasteiger partial charge is 0.303 e. The van der Waals surface area contributed by atoms with Gasteiger partial charge in [0, 0.05) is 19.0 Å². The SMILES string of the molecule is O=C(O)CCC1CCCCN1C(=O)COc1ccc2ccccc2c1. The Labute approximate surface area is 147 Å². The molecule has 0 radical (unpaired) electrons. The molecule has 0 saturated carbocycles. The monoisotopic (exact) mass is 341 g/mol. The van der Waals surface area contributed by atoms with E-state index in [9.17, 15) is 9.59 Å². The van der Waals surface area contributed by atoms with Crippen molar-refractivity contribution < 1.29 is 19.4 Å². The third-order valence-electron chi connectivity index (χ3n) is 4.72. The van der Waals surface area contributed by atoms with E-state index in [1.165, 1.54) is 0 Å². The summed E-state index contributed by atoms with van der Waals surface area (Å²) >= 11 is 0. The summed E-state index contributed by atoms with van der Waals surface area (Å²) in [5.41, 5.74) is 0. The van der Waals surface area contributed by atoms with Gasteiger partial charge in [0.25, 0.3) is 5.91 Å². The zero-order valence-electron chi connectivity index (χ0n) is 14.2. The standard InChI is InChI=1S/C20H23NO4/c22-19(21-12-4-3-7-17(21)9-11-20(23)24)14-25-18-10-8-15-5-1-2-6-16(15)13-18/h1-2,5-6,8,10,13,17H,3-4,7,9,11-12,14H2,(H,23,24). The van der Waals surface area contributed by atoms with Crippen molar-refractivity contribution in [3.8, 4) is 5.75 Å². The van der Waals surface area contributed by atoms with Crippen LogP contribution in [0.4, 0.5) is 0 Å². The molecule has 1 heterocycles. The summed E-state index contributed by atoms with van der Waals surface area (Å²) in [4.78, 5) is 25.2. The molecular weight excluding hydrogens is 318 g/mol. The summed E-state index contributed by atoms with van der Waals surface area (Å²) in [6, 6.07) is 13.8. The third-order valence-corrected chi connectivity index (χ3v) is 4.72. The van der Waals surface area contributed by atoms with Crippen LogP contribution in [0.15, 0.2) is 42.5 Å². The minimum atomic E-state index is -0.814. The number of carbonyl (C=O) groups is 2. The zero-order chi connectivity index (χ0) is 17.6. The van der Waals surface area contributed by atoms with Crippen molar-refractivity contribution >= 4 is 22.6 Å². The predicted molar refractivity (Wildman–Crippen MR) is 95.7 cm³/mol. The molecular formula is C20H23NO4. The molecule has 1 atom stereocenters. The van der Waals surface area contributed by atoms with Crippen LogP contribution in [0.2, 0.25) is 0 Å². The van der Waals surface area contributed by atoms with E-state index in [1.807, 2.05) is 42.5 Å². The summed E-state index contributed by atoms with van der Waals surface area (Å²) < 4.78 is 5.70. The third kappa shape index (κ3) is 4.50. The van der Waals surface area contributed by atoms with Crippen LogP contribution in [0, 0.1) is 0 Å². The van der Waals surface area contributed by atoms with Crippen LogP contribution in [0.5, 0.6) is 5.75 Å². The Balaban J connectivity index is 1.60. The molecule has 25 heavy (non-hydrogen) atoms. The van der Waals surface area contributed by atoms with E-state index in [0.717, 1.165) is 30.0 Å². The van der Waals surface area contributed by atoms with Gasteiger partial charge in [-0.1, -0.05) is 30.3 Å². The quantitative estimate of drug-likeness (QED) is 0.874. The van der Waals surface area contributed by atoms with Gasteiger partial charge >= 0.3 is 5.97 Å². The summed E-state index contributed by atoms with van der Waals surface area (Å²) in [6.45, 7) is 0.673. The number of carboxylic acid groups (broad SMARTS) is 1. The molecule has 2 aromatic carbocycles. The van der Waals surface area contributed by atoms with Crippen LogP contribution in [0.3, 0.4) is 0 Å². The molecule has 1 saturated heterocycles. The second kappa shape index (κ2) is 8.01. The van der Waals surface area contributed by atoms with Gasteiger partial charge in [-0.2, -0.15) is 0 Å². The maximum atomic E-state index is 12.5. The molecule has 1 aliphatic rings. The Morgan fingerprint density at radius 2 is 1.92 bits per heavy atom. The molecule has 1 unspecified atom stereocenters. The van der Waals surface area contributed by atoms with E-state index in [4.69, 9.17) is 9.84 Å². The van der Waals surface area contributed by atoms with Gasteiger partial charge in [-0.05, 0) is 48.6 Å². The van der Waals surface area contributed by atoms with Crippen molar-refractivity contribution in [2.24, 2.45) is 0 Å². The number of carbonyl (C=O) groups excluding carboxylic acids is 1. The van der Waals surface area contributed by atoms with Crippen LogP contribution in [0.1, 0.15) is 32.1 Å². The Morgan fingerprint density at radius 1 is 1.12 bits per heavy atom. The first-order valence-electron chi connectivity index (χ1n) is 8.76. The molecule has 1 aliphatic heterocycles. The molecule has 0 aliphatic carbocycles. The maximum Gasteiger partial charge on any atom is 0.303 e. The minimum absolute atomic E-state index is 0.0116. The van der Waals surface area contributed by atoms with Crippen molar-refractivity contribution in [3.05, 3.63) is 42.5 Å². The number of piperidine rings is 1. The number of nitrogens with zero attached hydrogens (tertiary/aromatic N) is 1. The molecule has 5 nitrogen and oxygen atoms in total. The first kappa shape index (κ1) is 17.3. The number of carboxylic acids is 1. The second-order valence-electron chi connectivity index (χ2n) is 6.47. The lowest BCUT2D eigenvalue weighted by Gasteiger charge is -2.35. The fourth-order valence-electron chi connectivity index (χ4n) is 3.40. The van der Waals surface area contributed by atoms with Crippen molar-refractivity contribution in [1.29, 1.82) is 0 Å². The van der Waals surface area contributed by atoms with Gasteiger partial charge in [0.05, 0.1) is 0 Å². The topological polar surface area (TPSA) is 66.8 Å². The number of aliphatic carboxylic acids is 1. The lowest BCUT2D eigenvalue weighted by atomic mass is 9.98. The number of hydrogen-bond acceptors (Lipinski definition) is 3. The highest BCUT2D eigenvalue weighted by atomic mass is 16.5. The first-order valence-corrected chi connectivity index (χ1v) is 8.76. The lowest BCUT2D eigenvalue weighted by molar-refractivity contribution is -0.141. The molecule has 132 valence electrons. The van der Waals surface area contributed by atoms with E-state index in [-0.39, 0.29) is 25.0 Å². The Bertz CT molecular complexity index is 758. The Hall–Kier alpha value is -2.56. The zero-order valence-corrected chi connectivity index (χ0v) is 14.2. The molecule has 0 bridgehead atoms. The largest absolute Gasteiger partial charge is 0.484 e. The van der Waals surface area contributed by atoms with Gasteiger partial charge in [-0.25, -0.2) is 0 Å². The number of benzene rings is 2. The van der Waals surface area contributed by atoms with Gasteiger partial charge in [0.2, 0.25) is 0 Å². The Morgan fingerprint density at radius 3 is 2.72 bits per heavy atom. The number of likely N-dealkylation sites (tertiary alicyclic amines) is 1. The lowest BCUT2D eigenvalue weighted by Crippen LogP contribution is -2.46. The summed E-state index contributed by atoms with van der Waals surface area (Å²) in [5.74, 6) is -0.209. The average molecular weight is 341 g/mol. The first-order chi connectivity index (χ1) is 12.1. The number of ether oxygens (including phenoxy) is 1. The normalized spacial score (nSPS) is 17.4. The maximum absolute atomic E-state index is 12.5. The van der Waals surface area contributed by atoms with Gasteiger partial charge in [0.15, 0.2) is 6.61 Å². The van der Waals surface area contributed by atoms with Crippen molar-refractivity contribution in [1.82, 2.24) is 4.90 Å². The minimum Gasteiger partial charge on any atom is -0.484 e. The number of rotatable bonds is 6. The van der Waals surface area contributed by atoms with Crippen molar-refractivity contribution in [2.75, 3.05) is 13.2 Å². The molecule has 2 aromatic rings. The molecule has 1 N–H and O–H groups in total.